The molecule has 2 aromatic rings. The van der Waals surface area contributed by atoms with Crippen molar-refractivity contribution < 1.29 is 0 Å². The molecular formula is C16H23N3. The summed E-state index contributed by atoms with van der Waals surface area (Å²) in [5, 5.41) is 3.71. The highest BCUT2D eigenvalue weighted by atomic mass is 15.0. The zero-order valence-corrected chi connectivity index (χ0v) is 11.7. The van der Waals surface area contributed by atoms with E-state index < -0.39 is 0 Å². The summed E-state index contributed by atoms with van der Waals surface area (Å²) < 4.78 is 2.26. The number of para-hydroxylation sites is 2. The van der Waals surface area contributed by atoms with E-state index in [0.717, 1.165) is 30.6 Å². The van der Waals surface area contributed by atoms with E-state index in [1.54, 1.807) is 0 Å². The van der Waals surface area contributed by atoms with Gasteiger partial charge in [-0.05, 0) is 50.3 Å². The summed E-state index contributed by atoms with van der Waals surface area (Å²) in [5.74, 6) is 0.957. The lowest BCUT2D eigenvalue weighted by molar-refractivity contribution is 0.438. The molecule has 1 N–H and O–H groups in total. The Kier molecular flexibility index (Phi) is 3.83. The molecule has 1 unspecified atom stereocenters. The lowest BCUT2D eigenvalue weighted by Crippen LogP contribution is -2.31. The predicted molar refractivity (Wildman–Crippen MR) is 79.2 cm³/mol. The quantitative estimate of drug-likeness (QED) is 0.772. The van der Waals surface area contributed by atoms with Crippen LogP contribution in [-0.4, -0.2) is 22.1 Å². The molecule has 0 radical (unpaired) electrons. The van der Waals surface area contributed by atoms with Crippen LogP contribution in [-0.2, 0) is 6.54 Å². The summed E-state index contributed by atoms with van der Waals surface area (Å²) in [6.07, 6.45) is 7.25. The Morgan fingerprint density at radius 1 is 1.37 bits per heavy atom. The first-order valence-corrected chi connectivity index (χ1v) is 7.51. The molecule has 1 aromatic heterocycles. The Morgan fingerprint density at radius 2 is 2.21 bits per heavy atom. The summed E-state index contributed by atoms with van der Waals surface area (Å²) in [4.78, 5) is 4.43. The Balaban J connectivity index is 1.49. The molecule has 3 nitrogen and oxygen atoms in total. The molecule has 19 heavy (non-hydrogen) atoms. The fourth-order valence-electron chi connectivity index (χ4n) is 2.87. The Bertz CT molecular complexity index is 528. The van der Waals surface area contributed by atoms with Gasteiger partial charge in [0, 0.05) is 12.6 Å². The van der Waals surface area contributed by atoms with Gasteiger partial charge in [0.05, 0.1) is 17.4 Å². The van der Waals surface area contributed by atoms with Gasteiger partial charge in [0.25, 0.3) is 0 Å². The van der Waals surface area contributed by atoms with E-state index >= 15 is 0 Å². The number of aromatic nitrogens is 2. The molecule has 1 aliphatic carbocycles. The molecule has 0 amide bonds. The van der Waals surface area contributed by atoms with Crippen LogP contribution in [0.1, 0.15) is 32.6 Å². The minimum atomic E-state index is 0.750. The van der Waals surface area contributed by atoms with Crippen LogP contribution in [0.4, 0.5) is 0 Å². The number of nitrogens with zero attached hydrogens (tertiary/aromatic N) is 2. The third-order valence-electron chi connectivity index (χ3n) is 4.14. The molecule has 3 rings (SSSR count). The summed E-state index contributed by atoms with van der Waals surface area (Å²) in [6, 6.07) is 9.10. The van der Waals surface area contributed by atoms with Gasteiger partial charge in [-0.15, -0.1) is 0 Å². The predicted octanol–water partition coefficient (Wildman–Crippen LogP) is 3.20. The number of rotatable bonds is 7. The Hall–Kier alpha value is -1.35. The molecule has 0 spiro atoms. The maximum absolute atomic E-state index is 4.43. The van der Waals surface area contributed by atoms with E-state index in [1.807, 2.05) is 12.4 Å². The molecule has 1 aromatic carbocycles. The van der Waals surface area contributed by atoms with Crippen molar-refractivity contribution in [3.63, 3.8) is 0 Å². The first-order valence-electron chi connectivity index (χ1n) is 7.51. The molecule has 1 heterocycles. The van der Waals surface area contributed by atoms with Gasteiger partial charge < -0.3 is 9.88 Å². The van der Waals surface area contributed by atoms with Crippen molar-refractivity contribution in [3.05, 3.63) is 30.6 Å². The minimum Gasteiger partial charge on any atom is -0.331 e. The highest BCUT2D eigenvalue weighted by Crippen LogP contribution is 2.33. The molecule has 1 aliphatic rings. The van der Waals surface area contributed by atoms with E-state index in [4.69, 9.17) is 0 Å². The average molecular weight is 257 g/mol. The van der Waals surface area contributed by atoms with Crippen molar-refractivity contribution in [2.24, 2.45) is 5.92 Å². The summed E-state index contributed by atoms with van der Waals surface area (Å²) in [6.45, 7) is 4.45. The van der Waals surface area contributed by atoms with Crippen LogP contribution in [0.3, 0.4) is 0 Å². The highest BCUT2D eigenvalue weighted by Gasteiger charge is 2.29. The molecular weight excluding hydrogens is 234 g/mol. The van der Waals surface area contributed by atoms with Crippen molar-refractivity contribution in [2.45, 2.75) is 45.2 Å². The Labute approximate surface area is 115 Å². The lowest BCUT2D eigenvalue weighted by Gasteiger charge is -2.16. The smallest absolute Gasteiger partial charge is 0.0958 e. The van der Waals surface area contributed by atoms with Crippen molar-refractivity contribution >= 4 is 11.0 Å². The van der Waals surface area contributed by atoms with Gasteiger partial charge in [-0.2, -0.15) is 0 Å². The van der Waals surface area contributed by atoms with E-state index in [-0.39, 0.29) is 0 Å². The third kappa shape index (κ3) is 2.98. The summed E-state index contributed by atoms with van der Waals surface area (Å²) in [7, 11) is 0. The molecule has 3 heteroatoms. The number of aryl methyl sites for hydroxylation is 1. The lowest BCUT2D eigenvalue weighted by atomic mass is 10.1. The SMILES string of the molecule is CCC(NCCCn1cnc2ccccc21)C1CC1. The van der Waals surface area contributed by atoms with Crippen molar-refractivity contribution in [3.8, 4) is 0 Å². The molecule has 0 saturated heterocycles. The van der Waals surface area contributed by atoms with Crippen LogP contribution in [0.2, 0.25) is 0 Å². The Morgan fingerprint density at radius 3 is 3.00 bits per heavy atom. The fourth-order valence-corrected chi connectivity index (χ4v) is 2.87. The second-order valence-electron chi connectivity index (χ2n) is 5.59. The normalized spacial score (nSPS) is 16.9. The van der Waals surface area contributed by atoms with E-state index in [2.05, 4.69) is 40.0 Å². The number of hydrogen-bond donors (Lipinski definition) is 1. The van der Waals surface area contributed by atoms with Gasteiger partial charge in [-0.1, -0.05) is 19.1 Å². The van der Waals surface area contributed by atoms with E-state index in [9.17, 15) is 0 Å². The summed E-state index contributed by atoms with van der Waals surface area (Å²) in [5.41, 5.74) is 2.34. The molecule has 0 bridgehead atoms. The number of fused-ring (bicyclic) bond motifs is 1. The van der Waals surface area contributed by atoms with Crippen LogP contribution >= 0.6 is 0 Å². The third-order valence-corrected chi connectivity index (χ3v) is 4.14. The van der Waals surface area contributed by atoms with Crippen molar-refractivity contribution in [2.75, 3.05) is 6.54 Å². The fraction of sp³-hybridized carbons (Fsp3) is 0.562. The monoisotopic (exact) mass is 257 g/mol. The molecule has 0 aliphatic heterocycles. The average Bonchev–Trinajstić information content (AvgIpc) is 3.20. The number of imidazole rings is 1. The van der Waals surface area contributed by atoms with E-state index in [0.29, 0.717) is 0 Å². The topological polar surface area (TPSA) is 29.9 Å². The van der Waals surface area contributed by atoms with Crippen LogP contribution in [0.15, 0.2) is 30.6 Å². The van der Waals surface area contributed by atoms with Gasteiger partial charge in [0.1, 0.15) is 0 Å². The molecule has 1 fully saturated rings. The van der Waals surface area contributed by atoms with Gasteiger partial charge in [0.15, 0.2) is 0 Å². The first kappa shape index (κ1) is 12.7. The van der Waals surface area contributed by atoms with E-state index in [1.165, 1.54) is 31.2 Å². The number of benzene rings is 1. The standard InChI is InChI=1S/C16H23N3/c1-2-14(13-8-9-13)17-10-5-11-19-12-18-15-6-3-4-7-16(15)19/h3-4,6-7,12-14,17H,2,5,8-11H2,1H3. The largest absolute Gasteiger partial charge is 0.331 e. The van der Waals surface area contributed by atoms with Gasteiger partial charge in [-0.3, -0.25) is 0 Å². The van der Waals surface area contributed by atoms with Gasteiger partial charge in [-0.25, -0.2) is 4.98 Å². The van der Waals surface area contributed by atoms with Crippen molar-refractivity contribution in [1.82, 2.24) is 14.9 Å². The number of nitrogens with one attached hydrogen (secondary N) is 1. The second kappa shape index (κ2) is 5.74. The first-order chi connectivity index (χ1) is 9.38. The molecule has 1 atom stereocenters. The molecule has 1 saturated carbocycles. The highest BCUT2D eigenvalue weighted by molar-refractivity contribution is 5.74. The number of hydrogen-bond acceptors (Lipinski definition) is 2. The second-order valence-corrected chi connectivity index (χ2v) is 5.59. The maximum Gasteiger partial charge on any atom is 0.0958 e. The maximum atomic E-state index is 4.43. The zero-order valence-electron chi connectivity index (χ0n) is 11.7. The minimum absolute atomic E-state index is 0.750. The van der Waals surface area contributed by atoms with Crippen LogP contribution in [0.5, 0.6) is 0 Å². The van der Waals surface area contributed by atoms with Crippen LogP contribution in [0.25, 0.3) is 11.0 Å². The van der Waals surface area contributed by atoms with Crippen molar-refractivity contribution in [1.29, 1.82) is 0 Å². The van der Waals surface area contributed by atoms with Crippen LogP contribution in [0, 0.1) is 5.92 Å². The van der Waals surface area contributed by atoms with Crippen LogP contribution < -0.4 is 5.32 Å². The van der Waals surface area contributed by atoms with Gasteiger partial charge in [0.2, 0.25) is 0 Å². The molecule has 102 valence electrons. The zero-order chi connectivity index (χ0) is 13.1. The summed E-state index contributed by atoms with van der Waals surface area (Å²) >= 11 is 0. The van der Waals surface area contributed by atoms with Gasteiger partial charge >= 0.3 is 0 Å².